The highest BCUT2D eigenvalue weighted by atomic mass is 16.5. The van der Waals surface area contributed by atoms with Crippen LogP contribution in [0.1, 0.15) is 37.8 Å². The zero-order valence-corrected chi connectivity index (χ0v) is 21.6. The van der Waals surface area contributed by atoms with Crippen LogP contribution in [0.2, 0.25) is 0 Å². The molecular formula is C27H36N6O4. The second-order valence-corrected chi connectivity index (χ2v) is 8.47. The van der Waals surface area contributed by atoms with E-state index < -0.39 is 5.97 Å². The minimum absolute atomic E-state index is 0.0974. The van der Waals surface area contributed by atoms with Gasteiger partial charge < -0.3 is 35.9 Å². The number of ether oxygens (including phenoxy) is 1. The normalized spacial score (nSPS) is 10.8. The molecule has 0 saturated heterocycles. The predicted octanol–water partition coefficient (Wildman–Crippen LogP) is 3.61. The minimum Gasteiger partial charge on any atom is -0.496 e. The third-order valence-corrected chi connectivity index (χ3v) is 5.72. The molecule has 2 aromatic carbocycles. The van der Waals surface area contributed by atoms with Crippen LogP contribution in [0.4, 0.5) is 11.8 Å². The number of nitrogens with two attached hydrogens (primary N) is 1. The Morgan fingerprint density at radius 2 is 1.92 bits per heavy atom. The molecule has 0 saturated carbocycles. The van der Waals surface area contributed by atoms with E-state index in [4.69, 9.17) is 20.7 Å². The number of nitrogens with one attached hydrogen (secondary N) is 2. The van der Waals surface area contributed by atoms with E-state index in [0.717, 1.165) is 58.2 Å². The van der Waals surface area contributed by atoms with Crippen LogP contribution in [-0.2, 0) is 17.9 Å². The quantitative estimate of drug-likeness (QED) is 0.192. The number of unbranched alkanes of at least 4 members (excludes halogenated alkanes) is 1. The standard InChI is InChI=1S/C25H30N6O3.C2H6O/c1-3-4-11-28-24-23-22(29-25(26)30-24)18-7-5-6-8-19(18)31(23)15-17-12-16(9-10-20(17)34-2)13-27-14-21(32)33;1-2-3/h5-10,12,27H,3-4,11,13-15H2,1-2H3,(H,32,33)(H3,26,28,29,30);3H,2H2,1H3. The van der Waals surface area contributed by atoms with Crippen molar-refractivity contribution >= 4 is 39.7 Å². The zero-order valence-electron chi connectivity index (χ0n) is 21.6. The number of aliphatic carboxylic acids is 1. The largest absolute Gasteiger partial charge is 0.496 e. The van der Waals surface area contributed by atoms with Gasteiger partial charge in [0.1, 0.15) is 16.8 Å². The molecule has 2 aromatic heterocycles. The minimum atomic E-state index is -0.888. The number of aliphatic hydroxyl groups is 1. The van der Waals surface area contributed by atoms with Gasteiger partial charge in [-0.05, 0) is 37.1 Å². The van der Waals surface area contributed by atoms with Gasteiger partial charge in [0.25, 0.3) is 0 Å². The van der Waals surface area contributed by atoms with E-state index in [1.165, 1.54) is 0 Å². The summed E-state index contributed by atoms with van der Waals surface area (Å²) in [4.78, 5) is 20.0. The lowest BCUT2D eigenvalue weighted by atomic mass is 10.1. The van der Waals surface area contributed by atoms with Crippen molar-refractivity contribution in [2.75, 3.05) is 37.9 Å². The van der Waals surface area contributed by atoms with Gasteiger partial charge in [0.2, 0.25) is 5.95 Å². The van der Waals surface area contributed by atoms with Crippen LogP contribution in [0, 0.1) is 0 Å². The van der Waals surface area contributed by atoms with Crippen molar-refractivity contribution in [3.8, 4) is 5.75 Å². The maximum atomic E-state index is 10.9. The Morgan fingerprint density at radius 3 is 2.62 bits per heavy atom. The monoisotopic (exact) mass is 508 g/mol. The van der Waals surface area contributed by atoms with Gasteiger partial charge in [-0.15, -0.1) is 0 Å². The van der Waals surface area contributed by atoms with E-state index in [1.807, 2.05) is 36.4 Å². The van der Waals surface area contributed by atoms with Gasteiger partial charge in [-0.25, -0.2) is 4.98 Å². The number of hydrogen-bond acceptors (Lipinski definition) is 8. The number of nitrogens with zero attached hydrogens (tertiary/aromatic N) is 3. The molecule has 2 heterocycles. The summed E-state index contributed by atoms with van der Waals surface area (Å²) in [5, 5.41) is 23.9. The third kappa shape index (κ3) is 6.87. The van der Waals surface area contributed by atoms with Gasteiger partial charge in [-0.3, -0.25) is 4.79 Å². The molecular weight excluding hydrogens is 472 g/mol. The molecule has 0 radical (unpaired) electrons. The van der Waals surface area contributed by atoms with Crippen molar-refractivity contribution in [2.24, 2.45) is 0 Å². The van der Waals surface area contributed by atoms with Crippen molar-refractivity contribution in [3.63, 3.8) is 0 Å². The van der Waals surface area contributed by atoms with E-state index in [1.54, 1.807) is 14.0 Å². The number of hydrogen-bond donors (Lipinski definition) is 5. The number of aliphatic hydroxyl groups excluding tert-OH is 1. The van der Waals surface area contributed by atoms with Crippen LogP contribution in [0.3, 0.4) is 0 Å². The van der Waals surface area contributed by atoms with Gasteiger partial charge in [-0.1, -0.05) is 37.6 Å². The van der Waals surface area contributed by atoms with Crippen molar-refractivity contribution in [2.45, 2.75) is 39.8 Å². The molecule has 0 bridgehead atoms. The number of carbonyl (C=O) groups is 1. The molecule has 0 spiro atoms. The topological polar surface area (TPSA) is 148 Å². The first-order chi connectivity index (χ1) is 17.9. The molecule has 0 aliphatic carbocycles. The SMILES string of the molecule is CCCCNc1nc(N)nc2c3ccccc3n(Cc3cc(CNCC(=O)O)ccc3OC)c12.CCO. The molecule has 0 atom stereocenters. The summed E-state index contributed by atoms with van der Waals surface area (Å²) in [6, 6.07) is 14.0. The summed E-state index contributed by atoms with van der Waals surface area (Å²) in [5.74, 6) is 0.815. The highest BCUT2D eigenvalue weighted by molar-refractivity contribution is 6.09. The Hall–Kier alpha value is -3.89. The van der Waals surface area contributed by atoms with Crippen LogP contribution < -0.4 is 21.1 Å². The first-order valence-electron chi connectivity index (χ1n) is 12.4. The van der Waals surface area contributed by atoms with Crippen molar-refractivity contribution in [3.05, 3.63) is 53.6 Å². The van der Waals surface area contributed by atoms with Gasteiger partial charge in [-0.2, -0.15) is 4.98 Å². The summed E-state index contributed by atoms with van der Waals surface area (Å²) in [5.41, 5.74) is 10.7. The Labute approximate surface area is 216 Å². The smallest absolute Gasteiger partial charge is 0.317 e. The summed E-state index contributed by atoms with van der Waals surface area (Å²) < 4.78 is 7.84. The molecule has 0 aliphatic rings. The second-order valence-electron chi connectivity index (χ2n) is 8.47. The van der Waals surface area contributed by atoms with Crippen LogP contribution in [-0.4, -0.2) is 57.5 Å². The van der Waals surface area contributed by atoms with E-state index in [0.29, 0.717) is 18.9 Å². The number of carboxylic acids is 1. The zero-order chi connectivity index (χ0) is 26.8. The number of aromatic nitrogens is 3. The number of para-hydroxylation sites is 1. The lowest BCUT2D eigenvalue weighted by Gasteiger charge is -2.15. The van der Waals surface area contributed by atoms with E-state index in [-0.39, 0.29) is 19.1 Å². The van der Waals surface area contributed by atoms with Crippen molar-refractivity contribution < 1.29 is 19.7 Å². The van der Waals surface area contributed by atoms with Gasteiger partial charge in [0.05, 0.1) is 25.7 Å². The Balaban J connectivity index is 0.00000121. The first kappa shape index (κ1) is 27.7. The molecule has 10 nitrogen and oxygen atoms in total. The number of rotatable bonds is 11. The Morgan fingerprint density at radius 1 is 1.16 bits per heavy atom. The lowest BCUT2D eigenvalue weighted by molar-refractivity contribution is -0.136. The van der Waals surface area contributed by atoms with Crippen LogP contribution >= 0.6 is 0 Å². The van der Waals surface area contributed by atoms with Gasteiger partial charge in [0.15, 0.2) is 5.82 Å². The molecule has 4 aromatic rings. The average molecular weight is 509 g/mol. The third-order valence-electron chi connectivity index (χ3n) is 5.72. The van der Waals surface area contributed by atoms with Crippen LogP contribution in [0.25, 0.3) is 21.9 Å². The Kier molecular flexibility index (Phi) is 10.0. The molecule has 37 heavy (non-hydrogen) atoms. The second kappa shape index (κ2) is 13.4. The van der Waals surface area contributed by atoms with E-state index in [2.05, 4.69) is 38.2 Å². The van der Waals surface area contributed by atoms with Crippen LogP contribution in [0.15, 0.2) is 42.5 Å². The average Bonchev–Trinajstić information content (AvgIpc) is 3.18. The Bertz CT molecular complexity index is 1340. The molecule has 6 N–H and O–H groups in total. The molecule has 4 rings (SSSR count). The molecule has 0 aliphatic heterocycles. The van der Waals surface area contributed by atoms with Crippen molar-refractivity contribution in [1.82, 2.24) is 19.9 Å². The van der Waals surface area contributed by atoms with Crippen molar-refractivity contribution in [1.29, 1.82) is 0 Å². The molecule has 0 fully saturated rings. The van der Waals surface area contributed by atoms with E-state index >= 15 is 0 Å². The number of fused-ring (bicyclic) bond motifs is 3. The summed E-state index contributed by atoms with van der Waals surface area (Å²) in [6.45, 7) is 5.74. The fourth-order valence-electron chi connectivity index (χ4n) is 4.17. The molecule has 198 valence electrons. The highest BCUT2D eigenvalue weighted by Gasteiger charge is 2.19. The lowest BCUT2D eigenvalue weighted by Crippen LogP contribution is -2.22. The summed E-state index contributed by atoms with van der Waals surface area (Å²) in [6.07, 6.45) is 2.09. The highest BCUT2D eigenvalue weighted by Crippen LogP contribution is 2.34. The number of carboxylic acid groups (broad SMARTS) is 1. The maximum absolute atomic E-state index is 10.9. The molecule has 0 amide bonds. The first-order valence-corrected chi connectivity index (χ1v) is 12.4. The maximum Gasteiger partial charge on any atom is 0.317 e. The number of methoxy groups -OCH3 is 1. The number of benzene rings is 2. The fourth-order valence-corrected chi connectivity index (χ4v) is 4.17. The van der Waals surface area contributed by atoms with Gasteiger partial charge in [0, 0.05) is 30.6 Å². The fraction of sp³-hybridized carbons (Fsp3) is 0.370. The van der Waals surface area contributed by atoms with Gasteiger partial charge >= 0.3 is 5.97 Å². The number of nitrogen functional groups attached to an aromatic ring is 1. The molecule has 0 unspecified atom stereocenters. The predicted molar refractivity (Wildman–Crippen MR) is 147 cm³/mol. The molecule has 10 heteroatoms. The number of anilines is 2. The van der Waals surface area contributed by atoms with E-state index in [9.17, 15) is 4.79 Å². The summed E-state index contributed by atoms with van der Waals surface area (Å²) in [7, 11) is 1.65. The summed E-state index contributed by atoms with van der Waals surface area (Å²) >= 11 is 0. The van der Waals surface area contributed by atoms with Crippen LogP contribution in [0.5, 0.6) is 5.75 Å².